The van der Waals surface area contributed by atoms with Gasteiger partial charge in [-0.15, -0.1) is 0 Å². The van der Waals surface area contributed by atoms with Crippen molar-refractivity contribution in [2.45, 2.75) is 25.9 Å². The number of aryl methyl sites for hydroxylation is 1. The Kier molecular flexibility index (Phi) is 4.32. The number of hydrogen-bond donors (Lipinski definition) is 2. The van der Waals surface area contributed by atoms with Crippen molar-refractivity contribution in [1.82, 2.24) is 25.1 Å². The molecule has 5 rings (SSSR count). The second-order valence-electron chi connectivity index (χ2n) is 8.14. The second-order valence-corrected chi connectivity index (χ2v) is 8.14. The number of nitrogens with one attached hydrogen (secondary N) is 1. The van der Waals surface area contributed by atoms with Crippen LogP contribution in [0.25, 0.3) is 33.2 Å². The number of aromatic nitrogens is 4. The first-order chi connectivity index (χ1) is 14.4. The number of phenolic OH excluding ortho intramolecular Hbond substituents is 1. The van der Waals surface area contributed by atoms with Gasteiger partial charge in [-0.25, -0.2) is 14.4 Å². The molecule has 0 unspecified atom stereocenters. The summed E-state index contributed by atoms with van der Waals surface area (Å²) in [5, 5.41) is 19.5. The van der Waals surface area contributed by atoms with Gasteiger partial charge < -0.3 is 15.3 Å². The fourth-order valence-corrected chi connectivity index (χ4v) is 4.29. The van der Waals surface area contributed by atoms with Gasteiger partial charge in [-0.2, -0.15) is 5.10 Å². The molecule has 154 valence electrons. The van der Waals surface area contributed by atoms with Crippen molar-refractivity contribution in [2.75, 3.05) is 18.0 Å². The molecule has 2 aromatic carbocycles. The molecule has 0 amide bonds. The Hall–Kier alpha value is -3.26. The smallest absolute Gasteiger partial charge is 0.193 e. The first-order valence-corrected chi connectivity index (χ1v) is 10.0. The summed E-state index contributed by atoms with van der Waals surface area (Å²) < 4.78 is 16.1. The van der Waals surface area contributed by atoms with E-state index in [0.717, 1.165) is 29.7 Å². The van der Waals surface area contributed by atoms with E-state index in [1.54, 1.807) is 25.5 Å². The number of rotatable bonds is 2. The highest BCUT2D eigenvalue weighted by atomic mass is 19.1. The Bertz CT molecular complexity index is 1260. The van der Waals surface area contributed by atoms with Crippen LogP contribution in [0.3, 0.4) is 0 Å². The Balaban J connectivity index is 1.55. The van der Waals surface area contributed by atoms with Crippen molar-refractivity contribution >= 4 is 27.5 Å². The predicted octanol–water partition coefficient (Wildman–Crippen LogP) is 3.21. The molecule has 1 fully saturated rings. The van der Waals surface area contributed by atoms with Crippen LogP contribution in [0.5, 0.6) is 5.75 Å². The zero-order valence-electron chi connectivity index (χ0n) is 17.1. The number of anilines is 1. The van der Waals surface area contributed by atoms with Gasteiger partial charge in [0.05, 0.1) is 11.1 Å². The van der Waals surface area contributed by atoms with Crippen LogP contribution in [-0.4, -0.2) is 50.0 Å². The number of piperazine rings is 1. The number of hydrogen-bond acceptors (Lipinski definition) is 6. The maximum atomic E-state index is 14.6. The van der Waals surface area contributed by atoms with Crippen LogP contribution in [0.15, 0.2) is 36.7 Å². The van der Waals surface area contributed by atoms with Gasteiger partial charge >= 0.3 is 0 Å². The third kappa shape index (κ3) is 3.13. The number of halogens is 1. The van der Waals surface area contributed by atoms with Gasteiger partial charge in [0.25, 0.3) is 0 Å². The van der Waals surface area contributed by atoms with Crippen LogP contribution in [0.1, 0.15) is 13.8 Å². The number of phenols is 1. The fourth-order valence-electron chi connectivity index (χ4n) is 4.29. The lowest BCUT2D eigenvalue weighted by Gasteiger charge is -2.37. The third-order valence-corrected chi connectivity index (χ3v) is 5.55. The lowest BCUT2D eigenvalue weighted by Crippen LogP contribution is -2.54. The van der Waals surface area contributed by atoms with Gasteiger partial charge in [0.2, 0.25) is 0 Å². The number of nitrogens with zero attached hydrogens (tertiary/aromatic N) is 5. The minimum atomic E-state index is -0.760. The number of aromatic hydroxyl groups is 1. The van der Waals surface area contributed by atoms with E-state index in [0.29, 0.717) is 17.5 Å². The molecule has 0 saturated carbocycles. The van der Waals surface area contributed by atoms with E-state index in [4.69, 9.17) is 0 Å². The quantitative estimate of drug-likeness (QED) is 0.532. The van der Waals surface area contributed by atoms with Gasteiger partial charge in [0.15, 0.2) is 17.4 Å². The molecule has 1 saturated heterocycles. The molecule has 0 bridgehead atoms. The molecule has 8 heteroatoms. The van der Waals surface area contributed by atoms with E-state index in [2.05, 4.69) is 51.3 Å². The van der Waals surface area contributed by atoms with Gasteiger partial charge in [-0.3, -0.25) is 4.68 Å². The molecule has 1 aliphatic heterocycles. The Morgan fingerprint density at radius 1 is 1.13 bits per heavy atom. The maximum absolute atomic E-state index is 14.6. The fraction of sp³-hybridized carbons (Fsp3) is 0.318. The van der Waals surface area contributed by atoms with Crippen LogP contribution in [0.2, 0.25) is 0 Å². The minimum Gasteiger partial charge on any atom is -0.504 e. The highest BCUT2D eigenvalue weighted by Crippen LogP contribution is 2.35. The van der Waals surface area contributed by atoms with Crippen molar-refractivity contribution < 1.29 is 9.50 Å². The summed E-state index contributed by atoms with van der Waals surface area (Å²) >= 11 is 0. The summed E-state index contributed by atoms with van der Waals surface area (Å²) in [5.74, 6) is -0.966. The van der Waals surface area contributed by atoms with Gasteiger partial charge in [0.1, 0.15) is 5.52 Å². The molecule has 2 aromatic heterocycles. The average molecular weight is 406 g/mol. The standard InChI is InChI=1S/C22H23FN6O/c1-12-9-29(10-13(2)25-12)16-4-5-18-14(6-16)8-24-22(26-18)17-7-15-11-28(3)27-20(15)19(23)21(17)30/h4-8,11-13,25,30H,9-10H2,1-3H3/t12-,13+. The summed E-state index contributed by atoms with van der Waals surface area (Å²) in [4.78, 5) is 11.4. The van der Waals surface area contributed by atoms with Crippen LogP contribution >= 0.6 is 0 Å². The molecule has 0 spiro atoms. The van der Waals surface area contributed by atoms with Crippen molar-refractivity contribution in [2.24, 2.45) is 7.05 Å². The number of fused-ring (bicyclic) bond motifs is 2. The molecule has 3 heterocycles. The average Bonchev–Trinajstić information content (AvgIpc) is 3.10. The summed E-state index contributed by atoms with van der Waals surface area (Å²) in [6.07, 6.45) is 3.42. The summed E-state index contributed by atoms with van der Waals surface area (Å²) in [6, 6.07) is 8.58. The molecule has 1 aliphatic rings. The van der Waals surface area contributed by atoms with Gasteiger partial charge in [0, 0.05) is 61.1 Å². The van der Waals surface area contributed by atoms with Crippen LogP contribution < -0.4 is 10.2 Å². The first-order valence-electron chi connectivity index (χ1n) is 10.0. The van der Waals surface area contributed by atoms with E-state index < -0.39 is 11.6 Å². The first kappa shape index (κ1) is 18.7. The monoisotopic (exact) mass is 406 g/mol. The van der Waals surface area contributed by atoms with E-state index in [1.165, 1.54) is 4.68 Å². The molecule has 2 atom stereocenters. The minimum absolute atomic E-state index is 0.128. The van der Waals surface area contributed by atoms with Gasteiger partial charge in [-0.05, 0) is 38.1 Å². The zero-order valence-corrected chi connectivity index (χ0v) is 17.1. The lowest BCUT2D eigenvalue weighted by atomic mass is 10.1. The largest absolute Gasteiger partial charge is 0.504 e. The number of benzene rings is 2. The second kappa shape index (κ2) is 6.91. The predicted molar refractivity (Wildman–Crippen MR) is 115 cm³/mol. The van der Waals surface area contributed by atoms with Crippen molar-refractivity contribution in [3.8, 4) is 17.1 Å². The maximum Gasteiger partial charge on any atom is 0.193 e. The molecular weight excluding hydrogens is 383 g/mol. The SMILES string of the molecule is C[C@@H]1CN(c2ccc3nc(-c4cc5cn(C)nc5c(F)c4O)ncc3c2)C[C@H](C)N1. The van der Waals surface area contributed by atoms with Crippen molar-refractivity contribution in [3.05, 3.63) is 42.5 Å². The van der Waals surface area contributed by atoms with E-state index in [1.807, 2.05) is 6.07 Å². The summed E-state index contributed by atoms with van der Waals surface area (Å²) in [5.41, 5.74) is 2.25. The van der Waals surface area contributed by atoms with Crippen molar-refractivity contribution in [3.63, 3.8) is 0 Å². The normalized spacial score (nSPS) is 19.7. The van der Waals surface area contributed by atoms with Gasteiger partial charge in [-0.1, -0.05) is 0 Å². The summed E-state index contributed by atoms with van der Waals surface area (Å²) in [7, 11) is 1.71. The van der Waals surface area contributed by atoms with Crippen molar-refractivity contribution in [1.29, 1.82) is 0 Å². The molecule has 30 heavy (non-hydrogen) atoms. The Morgan fingerprint density at radius 3 is 2.67 bits per heavy atom. The molecule has 0 aliphatic carbocycles. The molecular formula is C22H23FN6O. The van der Waals surface area contributed by atoms with Crippen LogP contribution in [0.4, 0.5) is 10.1 Å². The lowest BCUT2D eigenvalue weighted by molar-refractivity contribution is 0.407. The topological polar surface area (TPSA) is 79.1 Å². The molecule has 0 radical (unpaired) electrons. The Labute approximate surface area is 173 Å². The molecule has 4 aromatic rings. The van der Waals surface area contributed by atoms with Crippen LogP contribution in [0, 0.1) is 5.82 Å². The zero-order chi connectivity index (χ0) is 21.0. The van der Waals surface area contributed by atoms with E-state index in [9.17, 15) is 9.50 Å². The third-order valence-electron chi connectivity index (χ3n) is 5.55. The molecule has 2 N–H and O–H groups in total. The van der Waals surface area contributed by atoms with Crippen LogP contribution in [-0.2, 0) is 7.05 Å². The highest BCUT2D eigenvalue weighted by Gasteiger charge is 2.22. The van der Waals surface area contributed by atoms with E-state index in [-0.39, 0.29) is 16.9 Å². The summed E-state index contributed by atoms with van der Waals surface area (Å²) in [6.45, 7) is 6.24. The molecule has 7 nitrogen and oxygen atoms in total. The van der Waals surface area contributed by atoms with E-state index >= 15 is 0 Å². The highest BCUT2D eigenvalue weighted by molar-refractivity contribution is 5.89. The Morgan fingerprint density at radius 2 is 1.90 bits per heavy atom.